The molecule has 0 radical (unpaired) electrons. The molecule has 154 valence electrons. The van der Waals surface area contributed by atoms with Gasteiger partial charge >= 0.3 is 0 Å². The zero-order valence-corrected chi connectivity index (χ0v) is 17.1. The van der Waals surface area contributed by atoms with Crippen LogP contribution in [0.15, 0.2) is 54.6 Å². The zero-order chi connectivity index (χ0) is 21.1. The molecule has 7 nitrogen and oxygen atoms in total. The van der Waals surface area contributed by atoms with Gasteiger partial charge in [-0.25, -0.2) is 4.68 Å². The summed E-state index contributed by atoms with van der Waals surface area (Å²) in [5.41, 5.74) is 4.57. The summed E-state index contributed by atoms with van der Waals surface area (Å²) in [6.07, 6.45) is 0.213. The van der Waals surface area contributed by atoms with Gasteiger partial charge in [0.05, 0.1) is 17.1 Å². The van der Waals surface area contributed by atoms with Gasteiger partial charge in [-0.3, -0.25) is 9.59 Å². The fourth-order valence-electron chi connectivity index (χ4n) is 3.64. The topological polar surface area (TPSA) is 76.5 Å². The van der Waals surface area contributed by atoms with Crippen molar-refractivity contribution in [3.63, 3.8) is 0 Å². The Morgan fingerprint density at radius 3 is 2.63 bits per heavy atom. The third-order valence-electron chi connectivity index (χ3n) is 5.27. The average molecular weight is 404 g/mol. The van der Waals surface area contributed by atoms with E-state index in [0.29, 0.717) is 24.5 Å². The SMILES string of the molecule is Cc1nn(-c2ccccc2)c(C)c1CNC(=O)CCN1C(=O)COc2ccccc21. The summed E-state index contributed by atoms with van der Waals surface area (Å²) >= 11 is 0. The van der Waals surface area contributed by atoms with Crippen molar-refractivity contribution in [1.29, 1.82) is 0 Å². The highest BCUT2D eigenvalue weighted by atomic mass is 16.5. The van der Waals surface area contributed by atoms with Crippen LogP contribution in [0.4, 0.5) is 5.69 Å². The molecule has 1 N–H and O–H groups in total. The number of carbonyl (C=O) groups is 2. The first-order chi connectivity index (χ1) is 14.5. The lowest BCUT2D eigenvalue weighted by Crippen LogP contribution is -2.41. The Hall–Kier alpha value is -3.61. The monoisotopic (exact) mass is 404 g/mol. The maximum Gasteiger partial charge on any atom is 0.265 e. The van der Waals surface area contributed by atoms with E-state index in [-0.39, 0.29) is 24.8 Å². The lowest BCUT2D eigenvalue weighted by Gasteiger charge is -2.29. The maximum absolute atomic E-state index is 12.5. The molecule has 0 saturated carbocycles. The van der Waals surface area contributed by atoms with Gasteiger partial charge in [0.15, 0.2) is 6.61 Å². The molecule has 2 amide bonds. The predicted molar refractivity (Wildman–Crippen MR) is 114 cm³/mol. The first kappa shape index (κ1) is 19.7. The average Bonchev–Trinajstić information content (AvgIpc) is 3.05. The van der Waals surface area contributed by atoms with Crippen LogP contribution >= 0.6 is 0 Å². The number of nitrogens with zero attached hydrogens (tertiary/aromatic N) is 3. The van der Waals surface area contributed by atoms with Crippen LogP contribution in [0.3, 0.4) is 0 Å². The third-order valence-corrected chi connectivity index (χ3v) is 5.27. The molecular weight excluding hydrogens is 380 g/mol. The summed E-state index contributed by atoms with van der Waals surface area (Å²) in [5.74, 6) is 0.410. The molecule has 1 aromatic heterocycles. The van der Waals surface area contributed by atoms with Gasteiger partial charge in [0, 0.05) is 30.8 Å². The molecule has 30 heavy (non-hydrogen) atoms. The summed E-state index contributed by atoms with van der Waals surface area (Å²) in [6, 6.07) is 17.3. The van der Waals surface area contributed by atoms with E-state index in [1.165, 1.54) is 0 Å². The molecule has 0 aliphatic carbocycles. The van der Waals surface area contributed by atoms with Gasteiger partial charge < -0.3 is 15.0 Å². The van der Waals surface area contributed by atoms with Gasteiger partial charge in [-0.05, 0) is 38.1 Å². The molecule has 1 aliphatic rings. The minimum Gasteiger partial charge on any atom is -0.482 e. The molecule has 0 unspecified atom stereocenters. The van der Waals surface area contributed by atoms with Crippen LogP contribution in [0.2, 0.25) is 0 Å². The summed E-state index contributed by atoms with van der Waals surface area (Å²) < 4.78 is 7.33. The van der Waals surface area contributed by atoms with Gasteiger partial charge in [0.2, 0.25) is 5.91 Å². The van der Waals surface area contributed by atoms with Crippen molar-refractivity contribution >= 4 is 17.5 Å². The van der Waals surface area contributed by atoms with E-state index in [2.05, 4.69) is 10.4 Å². The second-order valence-corrected chi connectivity index (χ2v) is 7.23. The normalized spacial score (nSPS) is 13.0. The first-order valence-electron chi connectivity index (χ1n) is 9.94. The Bertz CT molecular complexity index is 1080. The van der Waals surface area contributed by atoms with Crippen LogP contribution in [0.25, 0.3) is 5.69 Å². The Morgan fingerprint density at radius 2 is 1.83 bits per heavy atom. The number of benzene rings is 2. The van der Waals surface area contributed by atoms with E-state index in [1.54, 1.807) is 4.90 Å². The maximum atomic E-state index is 12.5. The van der Waals surface area contributed by atoms with Crippen LogP contribution in [-0.4, -0.2) is 34.7 Å². The number of carbonyl (C=O) groups excluding carboxylic acids is 2. The molecule has 1 aliphatic heterocycles. The summed E-state index contributed by atoms with van der Waals surface area (Å²) in [6.45, 7) is 4.65. The molecule has 0 saturated heterocycles. The van der Waals surface area contributed by atoms with Crippen molar-refractivity contribution in [2.45, 2.75) is 26.8 Å². The fraction of sp³-hybridized carbons (Fsp3) is 0.261. The number of hydrogen-bond acceptors (Lipinski definition) is 4. The number of hydrogen-bond donors (Lipinski definition) is 1. The van der Waals surface area contributed by atoms with Gasteiger partial charge in [0.25, 0.3) is 5.91 Å². The fourth-order valence-corrected chi connectivity index (χ4v) is 3.64. The van der Waals surface area contributed by atoms with Crippen LogP contribution in [0.1, 0.15) is 23.4 Å². The summed E-state index contributed by atoms with van der Waals surface area (Å²) in [5, 5.41) is 7.57. The van der Waals surface area contributed by atoms with Crippen molar-refractivity contribution < 1.29 is 14.3 Å². The summed E-state index contributed by atoms with van der Waals surface area (Å²) in [7, 11) is 0. The van der Waals surface area contributed by atoms with E-state index in [0.717, 1.165) is 22.6 Å². The summed E-state index contributed by atoms with van der Waals surface area (Å²) in [4.78, 5) is 26.3. The molecule has 2 aromatic carbocycles. The zero-order valence-electron chi connectivity index (χ0n) is 17.1. The van der Waals surface area contributed by atoms with Crippen molar-refractivity contribution in [2.24, 2.45) is 0 Å². The van der Waals surface area contributed by atoms with E-state index in [9.17, 15) is 9.59 Å². The van der Waals surface area contributed by atoms with Crippen molar-refractivity contribution in [2.75, 3.05) is 18.1 Å². The number of anilines is 1. The Kier molecular flexibility index (Phi) is 5.52. The second kappa shape index (κ2) is 8.41. The van der Waals surface area contributed by atoms with Crippen molar-refractivity contribution in [3.05, 3.63) is 71.5 Å². The van der Waals surface area contributed by atoms with Crippen molar-refractivity contribution in [1.82, 2.24) is 15.1 Å². The number of amides is 2. The van der Waals surface area contributed by atoms with Crippen LogP contribution in [-0.2, 0) is 16.1 Å². The minimum absolute atomic E-state index is 0.00427. The highest BCUT2D eigenvalue weighted by molar-refractivity contribution is 5.98. The number of ether oxygens (including phenoxy) is 1. The third kappa shape index (κ3) is 3.91. The molecule has 7 heteroatoms. The molecular formula is C23H24N4O3. The molecule has 0 bridgehead atoms. The van der Waals surface area contributed by atoms with Gasteiger partial charge in [0.1, 0.15) is 5.75 Å². The van der Waals surface area contributed by atoms with Gasteiger partial charge in [-0.2, -0.15) is 5.10 Å². The molecule has 0 spiro atoms. The number of fused-ring (bicyclic) bond motifs is 1. The molecule has 0 fully saturated rings. The highest BCUT2D eigenvalue weighted by Crippen LogP contribution is 2.31. The smallest absolute Gasteiger partial charge is 0.265 e. The second-order valence-electron chi connectivity index (χ2n) is 7.23. The van der Waals surface area contributed by atoms with Crippen LogP contribution < -0.4 is 15.0 Å². The van der Waals surface area contributed by atoms with E-state index in [1.807, 2.05) is 73.1 Å². The number of rotatable bonds is 6. The van der Waals surface area contributed by atoms with E-state index >= 15 is 0 Å². The number of nitrogens with one attached hydrogen (secondary N) is 1. The lowest BCUT2D eigenvalue weighted by molar-refractivity contribution is -0.122. The highest BCUT2D eigenvalue weighted by Gasteiger charge is 2.25. The van der Waals surface area contributed by atoms with Crippen molar-refractivity contribution in [3.8, 4) is 11.4 Å². The first-order valence-corrected chi connectivity index (χ1v) is 9.94. The van der Waals surface area contributed by atoms with Crippen LogP contribution in [0.5, 0.6) is 5.75 Å². The van der Waals surface area contributed by atoms with Crippen LogP contribution in [0, 0.1) is 13.8 Å². The van der Waals surface area contributed by atoms with E-state index < -0.39 is 0 Å². The Labute approximate surface area is 175 Å². The molecule has 0 atom stereocenters. The van der Waals surface area contributed by atoms with E-state index in [4.69, 9.17) is 4.74 Å². The van der Waals surface area contributed by atoms with Gasteiger partial charge in [-0.15, -0.1) is 0 Å². The standard InChI is InChI=1S/C23H24N4O3/c1-16-19(17(2)27(25-16)18-8-4-3-5-9-18)14-24-22(28)12-13-26-20-10-6-7-11-21(20)30-15-23(26)29/h3-11H,12-15H2,1-2H3,(H,24,28). The number of para-hydroxylation sites is 3. The number of aromatic nitrogens is 2. The Morgan fingerprint density at radius 1 is 1.10 bits per heavy atom. The molecule has 2 heterocycles. The Balaban J connectivity index is 1.38. The van der Waals surface area contributed by atoms with Gasteiger partial charge in [-0.1, -0.05) is 30.3 Å². The lowest BCUT2D eigenvalue weighted by atomic mass is 10.2. The molecule has 4 rings (SSSR count). The number of aryl methyl sites for hydroxylation is 1. The molecule has 3 aromatic rings. The quantitative estimate of drug-likeness (QED) is 0.685. The minimum atomic E-state index is -0.141. The predicted octanol–water partition coefficient (Wildman–Crippen LogP) is 2.92. The largest absolute Gasteiger partial charge is 0.482 e.